The van der Waals surface area contributed by atoms with Crippen LogP contribution < -0.4 is 10.2 Å². The van der Waals surface area contributed by atoms with Crippen LogP contribution >= 0.6 is 11.8 Å². The zero-order valence-corrected chi connectivity index (χ0v) is 19.0. The number of nitro benzene ring substituents is 1. The maximum atomic E-state index is 12.8. The Hall–Kier alpha value is -1.76. The number of nitro groups is 1. The van der Waals surface area contributed by atoms with Crippen molar-refractivity contribution >= 4 is 34.7 Å². The molecule has 156 valence electrons. The van der Waals surface area contributed by atoms with Crippen LogP contribution in [0.1, 0.15) is 57.7 Å². The minimum Gasteiger partial charge on any atom is -0.365 e. The van der Waals surface area contributed by atoms with Crippen molar-refractivity contribution in [1.82, 2.24) is 0 Å². The lowest BCUT2D eigenvalue weighted by atomic mass is 9.93. The van der Waals surface area contributed by atoms with Crippen molar-refractivity contribution in [2.45, 2.75) is 67.3 Å². The molecular weight excluding hydrogens is 374 g/mol. The zero-order chi connectivity index (χ0) is 21.2. The van der Waals surface area contributed by atoms with Crippen molar-refractivity contribution in [3.8, 4) is 0 Å². The molecule has 2 rings (SSSR count). The summed E-state index contributed by atoms with van der Waals surface area (Å²) in [6.45, 7) is 14.3. The number of rotatable bonds is 7. The molecule has 7 heteroatoms. The van der Waals surface area contributed by atoms with Gasteiger partial charge in [0, 0.05) is 29.3 Å². The van der Waals surface area contributed by atoms with Gasteiger partial charge in [-0.15, -0.1) is 0 Å². The summed E-state index contributed by atoms with van der Waals surface area (Å²) in [5, 5.41) is 14.9. The summed E-state index contributed by atoms with van der Waals surface area (Å²) < 4.78 is 0. The average Bonchev–Trinajstić information content (AvgIpc) is 2.94. The molecule has 0 radical (unpaired) electrons. The summed E-state index contributed by atoms with van der Waals surface area (Å²) in [6.07, 6.45) is 1.77. The fraction of sp³-hybridized carbons (Fsp3) is 0.667. The van der Waals surface area contributed by atoms with Crippen LogP contribution in [0.15, 0.2) is 0 Å². The Labute approximate surface area is 172 Å². The molecule has 0 aliphatic carbocycles. The van der Waals surface area contributed by atoms with Gasteiger partial charge in [-0.2, -0.15) is 11.8 Å². The number of carbonyl (C=O) groups is 1. The quantitative estimate of drug-likeness (QED) is 0.503. The van der Waals surface area contributed by atoms with Gasteiger partial charge in [0.25, 0.3) is 5.69 Å². The standard InChI is InChI=1S/C21H33N3O3S/c1-8-10-23-15(12-28-9-2)11-16-13(3)18(24(26)27)14(4)17(19(16)23)22-20(25)21(5,6)7/h15H,8-12H2,1-7H3,(H,22,25). The number of benzene rings is 1. The Morgan fingerprint density at radius 3 is 2.43 bits per heavy atom. The van der Waals surface area contributed by atoms with Crippen LogP contribution in [0, 0.1) is 29.4 Å². The second kappa shape index (κ2) is 8.72. The fourth-order valence-corrected chi connectivity index (χ4v) is 4.62. The second-order valence-electron chi connectivity index (χ2n) is 8.47. The third-order valence-electron chi connectivity index (χ3n) is 5.31. The largest absolute Gasteiger partial charge is 0.365 e. The van der Waals surface area contributed by atoms with E-state index in [0.29, 0.717) is 17.3 Å². The molecule has 1 N–H and O–H groups in total. The van der Waals surface area contributed by atoms with Gasteiger partial charge in [0.05, 0.1) is 21.9 Å². The van der Waals surface area contributed by atoms with Gasteiger partial charge in [-0.05, 0) is 38.0 Å². The van der Waals surface area contributed by atoms with E-state index in [-0.39, 0.29) is 16.5 Å². The number of hydrogen-bond donors (Lipinski definition) is 1. The lowest BCUT2D eigenvalue weighted by molar-refractivity contribution is -0.386. The second-order valence-corrected chi connectivity index (χ2v) is 9.79. The van der Waals surface area contributed by atoms with Gasteiger partial charge in [-0.3, -0.25) is 14.9 Å². The van der Waals surface area contributed by atoms with Crippen molar-refractivity contribution in [1.29, 1.82) is 0 Å². The van der Waals surface area contributed by atoms with E-state index in [1.54, 1.807) is 6.92 Å². The van der Waals surface area contributed by atoms with Crippen LogP contribution in [-0.4, -0.2) is 34.9 Å². The van der Waals surface area contributed by atoms with E-state index in [1.807, 2.05) is 39.5 Å². The number of fused-ring (bicyclic) bond motifs is 1. The van der Waals surface area contributed by atoms with Crippen LogP contribution in [0.4, 0.5) is 17.1 Å². The van der Waals surface area contributed by atoms with Gasteiger partial charge < -0.3 is 10.2 Å². The first-order valence-electron chi connectivity index (χ1n) is 10.0. The highest BCUT2D eigenvalue weighted by Gasteiger charge is 2.38. The molecular formula is C21H33N3O3S. The third kappa shape index (κ3) is 4.29. The Kier molecular flexibility index (Phi) is 7.02. The van der Waals surface area contributed by atoms with Crippen LogP contribution in [0.2, 0.25) is 0 Å². The molecule has 6 nitrogen and oxygen atoms in total. The summed E-state index contributed by atoms with van der Waals surface area (Å²) in [7, 11) is 0. The van der Waals surface area contributed by atoms with E-state index in [0.717, 1.165) is 47.7 Å². The van der Waals surface area contributed by atoms with Crippen LogP contribution in [-0.2, 0) is 11.2 Å². The molecule has 1 unspecified atom stereocenters. The molecule has 1 atom stereocenters. The molecule has 1 aromatic carbocycles. The lowest BCUT2D eigenvalue weighted by Crippen LogP contribution is -2.36. The molecule has 0 saturated carbocycles. The first-order valence-corrected chi connectivity index (χ1v) is 11.2. The van der Waals surface area contributed by atoms with Gasteiger partial charge in [0.2, 0.25) is 5.91 Å². The van der Waals surface area contributed by atoms with Crippen molar-refractivity contribution < 1.29 is 9.72 Å². The van der Waals surface area contributed by atoms with Crippen molar-refractivity contribution in [3.63, 3.8) is 0 Å². The van der Waals surface area contributed by atoms with E-state index in [9.17, 15) is 14.9 Å². The first-order chi connectivity index (χ1) is 13.0. The highest BCUT2D eigenvalue weighted by atomic mass is 32.2. The number of anilines is 2. The van der Waals surface area contributed by atoms with Crippen molar-refractivity contribution in [3.05, 3.63) is 26.8 Å². The lowest BCUT2D eigenvalue weighted by Gasteiger charge is -2.30. The molecule has 1 aliphatic heterocycles. The van der Waals surface area contributed by atoms with Crippen molar-refractivity contribution in [2.24, 2.45) is 5.41 Å². The Balaban J connectivity index is 2.68. The maximum Gasteiger partial charge on any atom is 0.277 e. The van der Waals surface area contributed by atoms with Gasteiger partial charge in [0.1, 0.15) is 0 Å². The molecule has 1 aromatic rings. The summed E-state index contributed by atoms with van der Waals surface area (Å²) in [5.41, 5.74) is 3.44. The predicted octanol–water partition coefficient (Wildman–Crippen LogP) is 5.09. The van der Waals surface area contributed by atoms with Crippen LogP contribution in [0.5, 0.6) is 0 Å². The van der Waals surface area contributed by atoms with E-state index >= 15 is 0 Å². The zero-order valence-electron chi connectivity index (χ0n) is 18.1. The third-order valence-corrected chi connectivity index (χ3v) is 6.34. The average molecular weight is 408 g/mol. The predicted molar refractivity (Wildman–Crippen MR) is 119 cm³/mol. The van der Waals surface area contributed by atoms with Crippen LogP contribution in [0.25, 0.3) is 0 Å². The minimum absolute atomic E-state index is 0.126. The molecule has 0 spiro atoms. The van der Waals surface area contributed by atoms with Crippen LogP contribution in [0.3, 0.4) is 0 Å². The topological polar surface area (TPSA) is 75.5 Å². The van der Waals surface area contributed by atoms with Gasteiger partial charge >= 0.3 is 0 Å². The molecule has 1 amide bonds. The monoisotopic (exact) mass is 407 g/mol. The number of nitrogens with zero attached hydrogens (tertiary/aromatic N) is 2. The number of thioether (sulfide) groups is 1. The highest BCUT2D eigenvalue weighted by Crippen LogP contribution is 2.47. The summed E-state index contributed by atoms with van der Waals surface area (Å²) in [6, 6.07) is 0.297. The van der Waals surface area contributed by atoms with Gasteiger partial charge in [0.15, 0.2) is 0 Å². The minimum atomic E-state index is -0.579. The number of carbonyl (C=O) groups excluding carboxylic acids is 1. The Morgan fingerprint density at radius 1 is 1.29 bits per heavy atom. The fourth-order valence-electron chi connectivity index (χ4n) is 3.81. The number of amides is 1. The molecule has 1 heterocycles. The molecule has 0 aromatic heterocycles. The smallest absolute Gasteiger partial charge is 0.277 e. The highest BCUT2D eigenvalue weighted by molar-refractivity contribution is 7.99. The van der Waals surface area contributed by atoms with E-state index in [2.05, 4.69) is 24.1 Å². The van der Waals surface area contributed by atoms with Gasteiger partial charge in [-0.1, -0.05) is 34.6 Å². The number of nitrogens with one attached hydrogen (secondary N) is 1. The molecule has 1 aliphatic rings. The summed E-state index contributed by atoms with van der Waals surface area (Å²) >= 11 is 1.89. The molecule has 28 heavy (non-hydrogen) atoms. The Bertz CT molecular complexity index is 771. The summed E-state index contributed by atoms with van der Waals surface area (Å²) in [5.74, 6) is 1.89. The Morgan fingerprint density at radius 2 is 1.93 bits per heavy atom. The van der Waals surface area contributed by atoms with Gasteiger partial charge in [-0.25, -0.2) is 0 Å². The molecule has 0 fully saturated rings. The number of hydrogen-bond acceptors (Lipinski definition) is 5. The maximum absolute atomic E-state index is 12.8. The van der Waals surface area contributed by atoms with E-state index < -0.39 is 5.41 Å². The van der Waals surface area contributed by atoms with E-state index in [1.165, 1.54) is 0 Å². The SMILES string of the molecule is CCCN1c2c(c(C)c([N+](=O)[O-])c(C)c2NC(=O)C(C)(C)C)CC1CSCC. The summed E-state index contributed by atoms with van der Waals surface area (Å²) in [4.78, 5) is 26.6. The normalized spacial score (nSPS) is 16.2. The first kappa shape index (κ1) is 22.5. The van der Waals surface area contributed by atoms with Crippen molar-refractivity contribution in [2.75, 3.05) is 28.3 Å². The molecule has 0 saturated heterocycles. The van der Waals surface area contributed by atoms with E-state index in [4.69, 9.17) is 0 Å². The molecule has 0 bridgehead atoms.